The average molecular weight is 302 g/mol. The van der Waals surface area contributed by atoms with E-state index in [0.717, 1.165) is 23.7 Å². The second-order valence-corrected chi connectivity index (χ2v) is 6.17. The number of methoxy groups -OCH3 is 2. The van der Waals surface area contributed by atoms with Crippen molar-refractivity contribution in [1.29, 1.82) is 0 Å². The van der Waals surface area contributed by atoms with E-state index in [1.165, 1.54) is 10.5 Å². The zero-order valence-corrected chi connectivity index (χ0v) is 12.9. The molecule has 3 nitrogen and oxygen atoms in total. The third-order valence-electron chi connectivity index (χ3n) is 3.29. The molecule has 1 aromatic rings. The molecule has 1 aliphatic rings. The van der Waals surface area contributed by atoms with E-state index in [2.05, 4.69) is 17.4 Å². The van der Waals surface area contributed by atoms with Gasteiger partial charge in [-0.3, -0.25) is 0 Å². The Bertz CT molecular complexity index is 416. The predicted molar refractivity (Wildman–Crippen MR) is 80.2 cm³/mol. The number of benzene rings is 1. The summed E-state index contributed by atoms with van der Waals surface area (Å²) in [6, 6.07) is 6.49. The van der Waals surface area contributed by atoms with Crippen molar-refractivity contribution >= 4 is 23.4 Å². The largest absolute Gasteiger partial charge is 0.382 e. The first-order valence-electron chi connectivity index (χ1n) is 6.42. The van der Waals surface area contributed by atoms with Crippen LogP contribution in [0, 0.1) is 0 Å². The lowest BCUT2D eigenvalue weighted by Crippen LogP contribution is -2.35. The molecule has 19 heavy (non-hydrogen) atoms. The third kappa shape index (κ3) is 4.10. The highest BCUT2D eigenvalue weighted by atomic mass is 35.5. The first kappa shape index (κ1) is 15.1. The summed E-state index contributed by atoms with van der Waals surface area (Å²) in [5.74, 6) is 1.13. The fourth-order valence-electron chi connectivity index (χ4n) is 2.25. The highest BCUT2D eigenvalue weighted by molar-refractivity contribution is 7.99. The van der Waals surface area contributed by atoms with E-state index in [9.17, 15) is 0 Å². The number of hydrogen-bond acceptors (Lipinski definition) is 4. The van der Waals surface area contributed by atoms with Gasteiger partial charge in [0.2, 0.25) is 0 Å². The van der Waals surface area contributed by atoms with Gasteiger partial charge in [-0.2, -0.15) is 0 Å². The summed E-state index contributed by atoms with van der Waals surface area (Å²) in [6.07, 6.45) is 1.20. The number of thioether (sulfide) groups is 1. The van der Waals surface area contributed by atoms with Crippen LogP contribution in [0.25, 0.3) is 0 Å². The zero-order chi connectivity index (χ0) is 13.7. The molecule has 2 unspecified atom stereocenters. The summed E-state index contributed by atoms with van der Waals surface area (Å²) in [5.41, 5.74) is 1.30. The summed E-state index contributed by atoms with van der Waals surface area (Å²) >= 11 is 8.00. The zero-order valence-electron chi connectivity index (χ0n) is 11.3. The van der Waals surface area contributed by atoms with Gasteiger partial charge in [0.1, 0.15) is 0 Å². The molecule has 0 amide bonds. The number of nitrogens with one attached hydrogen (secondary N) is 1. The van der Waals surface area contributed by atoms with Gasteiger partial charge >= 0.3 is 0 Å². The lowest BCUT2D eigenvalue weighted by molar-refractivity contribution is 0.0272. The molecule has 106 valence electrons. The standard InChI is InChI=1S/C14H20ClNO2S/c1-17-9-11(18-2)8-16-13-5-6-19-14-4-3-10(15)7-12(13)14/h3-4,7,11,13,16H,5-6,8-9H2,1-2H3. The summed E-state index contributed by atoms with van der Waals surface area (Å²) in [6.45, 7) is 1.39. The van der Waals surface area contributed by atoms with Gasteiger partial charge in [-0.25, -0.2) is 0 Å². The molecule has 0 aromatic heterocycles. The minimum Gasteiger partial charge on any atom is -0.382 e. The van der Waals surface area contributed by atoms with E-state index in [4.69, 9.17) is 21.1 Å². The molecule has 0 saturated heterocycles. The van der Waals surface area contributed by atoms with Crippen molar-refractivity contribution in [2.45, 2.75) is 23.5 Å². The van der Waals surface area contributed by atoms with Crippen molar-refractivity contribution < 1.29 is 9.47 Å². The molecule has 5 heteroatoms. The number of fused-ring (bicyclic) bond motifs is 1. The molecule has 0 radical (unpaired) electrons. The van der Waals surface area contributed by atoms with Crippen LogP contribution >= 0.6 is 23.4 Å². The van der Waals surface area contributed by atoms with Crippen molar-refractivity contribution in [3.05, 3.63) is 28.8 Å². The van der Waals surface area contributed by atoms with Crippen LogP contribution in [0.15, 0.2) is 23.1 Å². The molecule has 1 heterocycles. The minimum absolute atomic E-state index is 0.0854. The first-order chi connectivity index (χ1) is 9.24. The van der Waals surface area contributed by atoms with Crippen LogP contribution < -0.4 is 5.32 Å². The smallest absolute Gasteiger partial charge is 0.0928 e. The van der Waals surface area contributed by atoms with Gasteiger partial charge in [0.25, 0.3) is 0 Å². The molecule has 0 spiro atoms. The molecular weight excluding hydrogens is 282 g/mol. The second-order valence-electron chi connectivity index (χ2n) is 4.59. The first-order valence-corrected chi connectivity index (χ1v) is 7.78. The van der Waals surface area contributed by atoms with Gasteiger partial charge in [0.15, 0.2) is 0 Å². The van der Waals surface area contributed by atoms with Crippen LogP contribution in [0.3, 0.4) is 0 Å². The molecule has 1 N–H and O–H groups in total. The summed E-state index contributed by atoms with van der Waals surface area (Å²) < 4.78 is 10.5. The van der Waals surface area contributed by atoms with E-state index in [0.29, 0.717) is 12.6 Å². The maximum Gasteiger partial charge on any atom is 0.0928 e. The molecule has 2 atom stereocenters. The van der Waals surface area contributed by atoms with Gasteiger partial charge in [0.05, 0.1) is 12.7 Å². The Hall–Kier alpha value is -0.260. The number of hydrogen-bond donors (Lipinski definition) is 1. The van der Waals surface area contributed by atoms with Gasteiger partial charge in [0, 0.05) is 36.7 Å². The number of rotatable bonds is 6. The average Bonchev–Trinajstić information content (AvgIpc) is 2.43. The Morgan fingerprint density at radius 1 is 1.47 bits per heavy atom. The van der Waals surface area contributed by atoms with Crippen LogP contribution in [-0.2, 0) is 9.47 Å². The van der Waals surface area contributed by atoms with Crippen LogP contribution in [0.5, 0.6) is 0 Å². The minimum atomic E-state index is 0.0854. The Morgan fingerprint density at radius 3 is 3.05 bits per heavy atom. The summed E-state index contributed by atoms with van der Waals surface area (Å²) in [4.78, 5) is 1.33. The van der Waals surface area contributed by atoms with Gasteiger partial charge in [-0.15, -0.1) is 11.8 Å². The molecule has 0 fully saturated rings. The lowest BCUT2D eigenvalue weighted by atomic mass is 10.0. The van der Waals surface area contributed by atoms with E-state index in [1.807, 2.05) is 17.8 Å². The predicted octanol–water partition coefficient (Wildman–Crippen LogP) is 3.13. The molecule has 0 saturated carbocycles. The second kappa shape index (κ2) is 7.50. The molecule has 0 bridgehead atoms. The van der Waals surface area contributed by atoms with Crippen molar-refractivity contribution in [2.24, 2.45) is 0 Å². The van der Waals surface area contributed by atoms with Crippen LogP contribution in [0.1, 0.15) is 18.0 Å². The van der Waals surface area contributed by atoms with Crippen molar-refractivity contribution in [3.8, 4) is 0 Å². The molecule has 1 aromatic carbocycles. The quantitative estimate of drug-likeness (QED) is 0.874. The Kier molecular flexibility index (Phi) is 5.98. The SMILES string of the molecule is COCC(CNC1CCSc2ccc(Cl)cc21)OC. The molecular formula is C14H20ClNO2S. The normalized spacial score (nSPS) is 20.1. The van der Waals surface area contributed by atoms with Crippen molar-refractivity contribution in [2.75, 3.05) is 33.1 Å². The Labute approximate surface area is 124 Å². The van der Waals surface area contributed by atoms with Crippen molar-refractivity contribution in [1.82, 2.24) is 5.32 Å². The van der Waals surface area contributed by atoms with Gasteiger partial charge < -0.3 is 14.8 Å². The monoisotopic (exact) mass is 301 g/mol. The number of ether oxygens (including phenoxy) is 2. The Morgan fingerprint density at radius 2 is 2.32 bits per heavy atom. The maximum atomic E-state index is 6.10. The third-order valence-corrected chi connectivity index (χ3v) is 4.65. The lowest BCUT2D eigenvalue weighted by Gasteiger charge is -2.27. The van der Waals surface area contributed by atoms with Crippen LogP contribution in [0.4, 0.5) is 0 Å². The number of halogens is 1. The van der Waals surface area contributed by atoms with Crippen LogP contribution in [-0.4, -0.2) is 39.2 Å². The molecule has 2 rings (SSSR count). The van der Waals surface area contributed by atoms with Gasteiger partial charge in [-0.05, 0) is 35.9 Å². The highest BCUT2D eigenvalue weighted by Gasteiger charge is 2.21. The summed E-state index contributed by atoms with van der Waals surface area (Å²) in [7, 11) is 3.41. The van der Waals surface area contributed by atoms with E-state index >= 15 is 0 Å². The Balaban J connectivity index is 2.00. The fraction of sp³-hybridized carbons (Fsp3) is 0.571. The van der Waals surface area contributed by atoms with E-state index in [-0.39, 0.29) is 6.10 Å². The van der Waals surface area contributed by atoms with E-state index < -0.39 is 0 Å². The van der Waals surface area contributed by atoms with Crippen molar-refractivity contribution in [3.63, 3.8) is 0 Å². The topological polar surface area (TPSA) is 30.5 Å². The highest BCUT2D eigenvalue weighted by Crippen LogP contribution is 2.37. The molecule has 0 aliphatic carbocycles. The fourth-order valence-corrected chi connectivity index (χ4v) is 3.53. The van der Waals surface area contributed by atoms with Crippen LogP contribution in [0.2, 0.25) is 5.02 Å². The molecule has 1 aliphatic heterocycles. The van der Waals surface area contributed by atoms with Gasteiger partial charge in [-0.1, -0.05) is 11.6 Å². The maximum absolute atomic E-state index is 6.10. The van der Waals surface area contributed by atoms with E-state index in [1.54, 1.807) is 14.2 Å². The summed E-state index contributed by atoms with van der Waals surface area (Å²) in [5, 5.41) is 4.36.